The monoisotopic (exact) mass is 613 g/mol. The quantitative estimate of drug-likeness (QED) is 0.418. The molecule has 0 aromatic carbocycles. The number of carboxylic acids is 3. The number of aliphatic carboxylic acids is 3. The van der Waals surface area contributed by atoms with E-state index in [0.717, 1.165) is 26.5 Å². The molecule has 0 saturated heterocycles. The zero-order valence-electron chi connectivity index (χ0n) is 15.7. The summed E-state index contributed by atoms with van der Waals surface area (Å²) in [4.78, 5) is 33.7. The van der Waals surface area contributed by atoms with Crippen LogP contribution in [0, 0.1) is 0 Å². The van der Waals surface area contributed by atoms with Crippen LogP contribution in [0.1, 0.15) is 20.8 Å². The maximum Gasteiger partial charge on any atom is 3.00 e. The normalized spacial score (nSPS) is 8.38. The van der Waals surface area contributed by atoms with Gasteiger partial charge in [-0.05, 0) is 55.8 Å². The third-order valence-corrected chi connectivity index (χ3v) is 4.13. The van der Waals surface area contributed by atoms with Gasteiger partial charge in [0.25, 0.3) is 0 Å². The Balaban J connectivity index is 0. The van der Waals surface area contributed by atoms with Gasteiger partial charge in [-0.3, -0.25) is 4.98 Å². The number of hydrogen-bond acceptors (Lipinski definition) is 9. The van der Waals surface area contributed by atoms with Gasteiger partial charge in [-0.15, -0.1) is 22.7 Å². The van der Waals surface area contributed by atoms with Crippen LogP contribution in [0.4, 0.5) is 0 Å². The van der Waals surface area contributed by atoms with Gasteiger partial charge < -0.3 is 29.7 Å². The standard InChI is InChI=1S/C13H9NS2.3C2H4O2.Ir/c1-4-10(11-5-2-8-15-11)13(14-7-1)12-6-3-9-16-12;3*1-2(3)4;/h1-9H;3*1H3,(H,3,4);/q;;;;+3/p-3. The minimum atomic E-state index is -1.08. The van der Waals surface area contributed by atoms with Crippen molar-refractivity contribution in [1.82, 2.24) is 4.98 Å². The van der Waals surface area contributed by atoms with Gasteiger partial charge in [0.2, 0.25) is 0 Å². The molecule has 7 nitrogen and oxygen atoms in total. The number of aromatic nitrogens is 1. The van der Waals surface area contributed by atoms with Crippen LogP contribution in [0.3, 0.4) is 0 Å². The molecule has 10 heteroatoms. The summed E-state index contributed by atoms with van der Waals surface area (Å²) in [6.07, 6.45) is 1.85. The molecule has 0 radical (unpaired) electrons. The van der Waals surface area contributed by atoms with Crippen LogP contribution in [0.2, 0.25) is 0 Å². The van der Waals surface area contributed by atoms with Crippen molar-refractivity contribution in [2.75, 3.05) is 0 Å². The van der Waals surface area contributed by atoms with E-state index in [1.807, 2.05) is 12.3 Å². The van der Waals surface area contributed by atoms with Gasteiger partial charge >= 0.3 is 20.1 Å². The zero-order chi connectivity index (χ0) is 21.5. The Hall–Kier alpha value is -2.39. The van der Waals surface area contributed by atoms with Crippen molar-refractivity contribution >= 4 is 40.6 Å². The smallest absolute Gasteiger partial charge is 0.550 e. The molecule has 3 aromatic rings. The summed E-state index contributed by atoms with van der Waals surface area (Å²) in [6, 6.07) is 12.5. The Kier molecular flexibility index (Phi) is 16.4. The molecule has 0 saturated carbocycles. The summed E-state index contributed by atoms with van der Waals surface area (Å²) >= 11 is 3.48. The average molecular weight is 613 g/mol. The summed E-state index contributed by atoms with van der Waals surface area (Å²) in [5, 5.41) is 30.8. The van der Waals surface area contributed by atoms with Crippen LogP contribution in [0.5, 0.6) is 0 Å². The predicted molar refractivity (Wildman–Crippen MR) is 103 cm³/mol. The van der Waals surface area contributed by atoms with Crippen molar-refractivity contribution in [3.05, 3.63) is 53.4 Å². The van der Waals surface area contributed by atoms with Crippen LogP contribution < -0.4 is 15.3 Å². The maximum absolute atomic E-state index is 8.89. The number of nitrogens with zero attached hydrogens (tertiary/aromatic N) is 1. The number of thiophene rings is 2. The summed E-state index contributed by atoms with van der Waals surface area (Å²) in [6.45, 7) is 2.92. The van der Waals surface area contributed by atoms with Gasteiger partial charge in [0, 0.05) is 34.5 Å². The summed E-state index contributed by atoms with van der Waals surface area (Å²) in [7, 11) is 0. The van der Waals surface area contributed by atoms with Crippen molar-refractivity contribution < 1.29 is 49.8 Å². The molecule has 3 heterocycles. The van der Waals surface area contributed by atoms with Gasteiger partial charge in [0.05, 0.1) is 10.6 Å². The zero-order valence-corrected chi connectivity index (χ0v) is 19.8. The molecule has 0 fully saturated rings. The van der Waals surface area contributed by atoms with E-state index in [1.54, 1.807) is 22.7 Å². The number of hydrogen-bond donors (Lipinski definition) is 0. The second kappa shape index (κ2) is 16.6. The van der Waals surface area contributed by atoms with Crippen LogP contribution in [0.25, 0.3) is 21.0 Å². The molecule has 0 amide bonds. The number of carbonyl (C=O) groups is 3. The SMILES string of the molecule is CC(=O)[O-].CC(=O)[O-].CC(=O)[O-].[Ir+3].c1csc(-c2cccnc2-c2cccs2)c1. The van der Waals surface area contributed by atoms with Crippen molar-refractivity contribution in [3.63, 3.8) is 0 Å². The van der Waals surface area contributed by atoms with E-state index in [9.17, 15) is 0 Å². The molecule has 0 aliphatic rings. The summed E-state index contributed by atoms with van der Waals surface area (Å²) < 4.78 is 0. The van der Waals surface area contributed by atoms with Gasteiger partial charge in [-0.1, -0.05) is 12.1 Å². The van der Waals surface area contributed by atoms with Gasteiger partial charge in [-0.25, -0.2) is 0 Å². The van der Waals surface area contributed by atoms with Crippen LogP contribution >= 0.6 is 22.7 Å². The van der Waals surface area contributed by atoms with Gasteiger partial charge in [0.15, 0.2) is 0 Å². The van der Waals surface area contributed by atoms with E-state index in [1.165, 1.54) is 15.3 Å². The summed E-state index contributed by atoms with van der Waals surface area (Å²) in [5.41, 5.74) is 2.31. The largest absolute Gasteiger partial charge is 3.00 e. The van der Waals surface area contributed by atoms with E-state index in [-0.39, 0.29) is 20.1 Å². The molecule has 0 aliphatic heterocycles. The number of carbonyl (C=O) groups excluding carboxylic acids is 3. The molecule has 3 aromatic heterocycles. The third-order valence-electron chi connectivity index (χ3n) is 2.35. The van der Waals surface area contributed by atoms with Crippen LogP contribution in [0.15, 0.2) is 53.4 Å². The molecule has 29 heavy (non-hydrogen) atoms. The Morgan fingerprint density at radius 1 is 0.759 bits per heavy atom. The second-order valence-electron chi connectivity index (χ2n) is 4.83. The molecule has 0 N–H and O–H groups in total. The fraction of sp³-hybridized carbons (Fsp3) is 0.158. The van der Waals surface area contributed by atoms with Crippen molar-refractivity contribution in [2.24, 2.45) is 0 Å². The first-order valence-electron chi connectivity index (χ1n) is 7.70. The number of rotatable bonds is 2. The van der Waals surface area contributed by atoms with E-state index in [4.69, 9.17) is 29.7 Å². The van der Waals surface area contributed by atoms with Crippen molar-refractivity contribution in [3.8, 4) is 21.0 Å². The van der Waals surface area contributed by atoms with Gasteiger partial charge in [0.1, 0.15) is 0 Å². The minimum absolute atomic E-state index is 0. The number of pyridine rings is 1. The molecular formula is C19H18IrNO6S2. The Bertz CT molecular complexity index is 758. The fourth-order valence-electron chi connectivity index (χ4n) is 1.65. The second-order valence-corrected chi connectivity index (χ2v) is 6.72. The Morgan fingerprint density at radius 3 is 1.55 bits per heavy atom. The summed E-state index contributed by atoms with van der Waals surface area (Å²) in [5.74, 6) is -3.25. The topological polar surface area (TPSA) is 133 Å². The van der Waals surface area contributed by atoms with E-state index in [2.05, 4.69) is 46.1 Å². The maximum atomic E-state index is 8.89. The Labute approximate surface area is 190 Å². The fourth-order valence-corrected chi connectivity index (χ4v) is 3.13. The first kappa shape index (κ1) is 28.8. The van der Waals surface area contributed by atoms with Crippen molar-refractivity contribution in [2.45, 2.75) is 20.8 Å². The Morgan fingerprint density at radius 2 is 1.17 bits per heavy atom. The molecule has 0 aliphatic carbocycles. The van der Waals surface area contributed by atoms with Crippen LogP contribution in [-0.2, 0) is 34.5 Å². The van der Waals surface area contributed by atoms with E-state index < -0.39 is 17.9 Å². The first-order valence-corrected chi connectivity index (χ1v) is 9.46. The molecule has 0 bridgehead atoms. The molecule has 0 unspecified atom stereocenters. The predicted octanol–water partition coefficient (Wildman–Crippen LogP) is 0.805. The van der Waals surface area contributed by atoms with E-state index >= 15 is 0 Å². The minimum Gasteiger partial charge on any atom is -0.550 e. The van der Waals surface area contributed by atoms with Crippen LogP contribution in [-0.4, -0.2) is 22.9 Å². The molecular weight excluding hydrogens is 595 g/mol. The third kappa shape index (κ3) is 15.2. The molecule has 0 spiro atoms. The molecule has 156 valence electrons. The average Bonchev–Trinajstić information content (AvgIpc) is 3.27. The molecule has 0 atom stereocenters. The van der Waals surface area contributed by atoms with E-state index in [0.29, 0.717) is 0 Å². The number of carboxylic acid groups (broad SMARTS) is 3. The molecule has 3 rings (SSSR count). The van der Waals surface area contributed by atoms with Gasteiger partial charge in [-0.2, -0.15) is 0 Å². The first-order chi connectivity index (χ1) is 13.1. The van der Waals surface area contributed by atoms with Crippen molar-refractivity contribution in [1.29, 1.82) is 0 Å².